The van der Waals surface area contributed by atoms with E-state index in [2.05, 4.69) is 0 Å². The molecule has 3 rings (SSSR count). The van der Waals surface area contributed by atoms with Gasteiger partial charge in [-0.15, -0.1) is 0 Å². The van der Waals surface area contributed by atoms with E-state index in [0.717, 1.165) is 0 Å². The molecule has 0 radical (unpaired) electrons. The monoisotopic (exact) mass is 475 g/mol. The number of likely N-dealkylation sites (tertiary alicyclic amines) is 1. The lowest BCUT2D eigenvalue weighted by molar-refractivity contribution is -0.147. The lowest BCUT2D eigenvalue weighted by Crippen LogP contribution is -2.41. The van der Waals surface area contributed by atoms with E-state index in [0.29, 0.717) is 45.6 Å². The van der Waals surface area contributed by atoms with Crippen molar-refractivity contribution in [2.24, 2.45) is 0 Å². The van der Waals surface area contributed by atoms with Crippen LogP contribution in [0, 0.1) is 0 Å². The van der Waals surface area contributed by atoms with Crippen LogP contribution in [0.15, 0.2) is 24.3 Å². The third kappa shape index (κ3) is 4.35. The Hall–Kier alpha value is -3.82. The summed E-state index contributed by atoms with van der Waals surface area (Å²) in [5.41, 5.74) is 1.12. The minimum atomic E-state index is -1.09. The molecule has 34 heavy (non-hydrogen) atoms. The topological polar surface area (TPSA) is 113 Å². The van der Waals surface area contributed by atoms with Crippen molar-refractivity contribution in [2.45, 2.75) is 24.9 Å². The SMILES string of the molecule is COc1cc(C(c2cc(OC)c(OC)c(OC)c2)N2C(=O)CC[C@H]2C(=O)O)cc(OC)c1OC. The number of carbonyl (C=O) groups is 2. The molecular formula is C24H29NO9. The quantitative estimate of drug-likeness (QED) is 0.554. The van der Waals surface area contributed by atoms with E-state index >= 15 is 0 Å². The molecule has 1 heterocycles. The Kier molecular flexibility index (Phi) is 7.60. The highest BCUT2D eigenvalue weighted by Crippen LogP contribution is 2.47. The number of hydrogen-bond donors (Lipinski definition) is 1. The van der Waals surface area contributed by atoms with E-state index < -0.39 is 18.1 Å². The predicted octanol–water partition coefficient (Wildman–Crippen LogP) is 2.90. The first-order valence-electron chi connectivity index (χ1n) is 10.5. The molecule has 10 nitrogen and oxygen atoms in total. The van der Waals surface area contributed by atoms with Crippen LogP contribution in [0.25, 0.3) is 0 Å². The van der Waals surface area contributed by atoms with Crippen LogP contribution < -0.4 is 28.4 Å². The molecule has 0 spiro atoms. The van der Waals surface area contributed by atoms with Crippen molar-refractivity contribution in [1.82, 2.24) is 4.90 Å². The normalized spacial score (nSPS) is 15.3. The van der Waals surface area contributed by atoms with Gasteiger partial charge in [0, 0.05) is 6.42 Å². The van der Waals surface area contributed by atoms with E-state index in [1.54, 1.807) is 24.3 Å². The summed E-state index contributed by atoms with van der Waals surface area (Å²) in [6.07, 6.45) is 0.307. The van der Waals surface area contributed by atoms with Gasteiger partial charge in [0.2, 0.25) is 17.4 Å². The Morgan fingerprint density at radius 3 is 1.47 bits per heavy atom. The molecule has 2 aromatic rings. The molecule has 2 aromatic carbocycles. The third-order valence-corrected chi connectivity index (χ3v) is 5.82. The Morgan fingerprint density at radius 1 is 0.794 bits per heavy atom. The number of amides is 1. The molecule has 1 aliphatic heterocycles. The van der Waals surface area contributed by atoms with Gasteiger partial charge in [0.1, 0.15) is 6.04 Å². The molecule has 0 aromatic heterocycles. The average Bonchev–Trinajstić information content (AvgIpc) is 3.23. The van der Waals surface area contributed by atoms with Gasteiger partial charge in [-0.3, -0.25) is 4.79 Å². The summed E-state index contributed by atoms with van der Waals surface area (Å²) in [5, 5.41) is 9.88. The Balaban J connectivity index is 2.34. The van der Waals surface area contributed by atoms with Crippen LogP contribution in [0.1, 0.15) is 30.0 Å². The van der Waals surface area contributed by atoms with Gasteiger partial charge in [-0.05, 0) is 41.8 Å². The number of ether oxygens (including phenoxy) is 6. The number of aliphatic carboxylic acids is 1. The van der Waals surface area contributed by atoms with E-state index in [-0.39, 0.29) is 18.7 Å². The standard InChI is InChI=1S/C24H29NO9/c1-29-16-9-13(10-17(30-2)22(16)33-5)21(25-15(24(27)28)7-8-20(25)26)14-11-18(31-3)23(34-6)19(12-14)32-4/h9-12,15,21H,7-8H2,1-6H3,(H,27,28)/t15-/m0/s1. The second kappa shape index (κ2) is 10.4. The van der Waals surface area contributed by atoms with Crippen LogP contribution in [-0.2, 0) is 9.59 Å². The van der Waals surface area contributed by atoms with Crippen LogP contribution in [-0.4, -0.2) is 70.6 Å². The number of hydrogen-bond acceptors (Lipinski definition) is 8. The first kappa shape index (κ1) is 24.8. The number of carboxylic acids is 1. The fourth-order valence-corrected chi connectivity index (χ4v) is 4.30. The number of methoxy groups -OCH3 is 6. The van der Waals surface area contributed by atoms with Crippen LogP contribution in [0.5, 0.6) is 34.5 Å². The molecule has 0 saturated carbocycles. The zero-order valence-electron chi connectivity index (χ0n) is 20.0. The van der Waals surface area contributed by atoms with Gasteiger partial charge in [0.05, 0.1) is 48.7 Å². The van der Waals surface area contributed by atoms with Crippen LogP contribution in [0.3, 0.4) is 0 Å². The van der Waals surface area contributed by atoms with Gasteiger partial charge in [0.25, 0.3) is 0 Å². The maximum Gasteiger partial charge on any atom is 0.326 e. The van der Waals surface area contributed by atoms with Crippen molar-refractivity contribution < 1.29 is 43.1 Å². The van der Waals surface area contributed by atoms with Crippen molar-refractivity contribution in [3.8, 4) is 34.5 Å². The van der Waals surface area contributed by atoms with Gasteiger partial charge < -0.3 is 38.4 Å². The van der Waals surface area contributed by atoms with Gasteiger partial charge >= 0.3 is 5.97 Å². The molecule has 1 atom stereocenters. The second-order valence-electron chi connectivity index (χ2n) is 7.51. The summed E-state index contributed by atoms with van der Waals surface area (Å²) in [4.78, 5) is 26.5. The molecular weight excluding hydrogens is 446 g/mol. The van der Waals surface area contributed by atoms with Crippen molar-refractivity contribution in [3.05, 3.63) is 35.4 Å². The molecule has 184 valence electrons. The highest BCUT2D eigenvalue weighted by Gasteiger charge is 2.42. The highest BCUT2D eigenvalue weighted by molar-refractivity contribution is 5.88. The molecule has 0 bridgehead atoms. The molecule has 1 fully saturated rings. The summed E-state index contributed by atoms with van der Waals surface area (Å²) in [7, 11) is 8.91. The van der Waals surface area contributed by atoms with Crippen LogP contribution in [0.2, 0.25) is 0 Å². The number of rotatable bonds is 10. The van der Waals surface area contributed by atoms with E-state index in [4.69, 9.17) is 28.4 Å². The number of carboxylic acid groups (broad SMARTS) is 1. The summed E-state index contributed by atoms with van der Waals surface area (Å²) in [6.45, 7) is 0. The fraction of sp³-hybridized carbons (Fsp3) is 0.417. The van der Waals surface area contributed by atoms with Crippen molar-refractivity contribution >= 4 is 11.9 Å². The zero-order valence-corrected chi connectivity index (χ0v) is 20.0. The highest BCUT2D eigenvalue weighted by atomic mass is 16.5. The maximum atomic E-state index is 13.0. The first-order chi connectivity index (χ1) is 16.3. The Morgan fingerprint density at radius 2 is 1.18 bits per heavy atom. The van der Waals surface area contributed by atoms with Gasteiger partial charge in [-0.2, -0.15) is 0 Å². The predicted molar refractivity (Wildman–Crippen MR) is 122 cm³/mol. The molecule has 0 unspecified atom stereocenters. The molecule has 1 N–H and O–H groups in total. The van der Waals surface area contributed by atoms with Crippen molar-refractivity contribution in [2.75, 3.05) is 42.7 Å². The number of nitrogens with zero attached hydrogens (tertiary/aromatic N) is 1. The average molecular weight is 475 g/mol. The van der Waals surface area contributed by atoms with Gasteiger partial charge in [0.15, 0.2) is 23.0 Å². The molecule has 1 saturated heterocycles. The number of benzene rings is 2. The molecule has 10 heteroatoms. The smallest absolute Gasteiger partial charge is 0.326 e. The summed E-state index contributed by atoms with van der Waals surface area (Å²) >= 11 is 0. The third-order valence-electron chi connectivity index (χ3n) is 5.82. The molecule has 1 aliphatic rings. The van der Waals surface area contributed by atoms with Crippen molar-refractivity contribution in [1.29, 1.82) is 0 Å². The summed E-state index contributed by atoms with van der Waals surface area (Å²) in [5.74, 6) is 0.844. The van der Waals surface area contributed by atoms with E-state index in [1.165, 1.54) is 47.6 Å². The van der Waals surface area contributed by atoms with Crippen LogP contribution in [0.4, 0.5) is 0 Å². The number of carbonyl (C=O) groups excluding carboxylic acids is 1. The van der Waals surface area contributed by atoms with Gasteiger partial charge in [-0.1, -0.05) is 0 Å². The summed E-state index contributed by atoms with van der Waals surface area (Å²) in [6, 6.07) is 4.94. The minimum Gasteiger partial charge on any atom is -0.493 e. The lowest BCUT2D eigenvalue weighted by atomic mass is 9.94. The van der Waals surface area contributed by atoms with E-state index in [1.807, 2.05) is 0 Å². The first-order valence-corrected chi connectivity index (χ1v) is 10.5. The fourth-order valence-electron chi connectivity index (χ4n) is 4.30. The molecule has 0 aliphatic carbocycles. The molecule has 1 amide bonds. The zero-order chi connectivity index (χ0) is 25.0. The van der Waals surface area contributed by atoms with E-state index in [9.17, 15) is 14.7 Å². The Labute approximate surface area is 197 Å². The van der Waals surface area contributed by atoms with Gasteiger partial charge in [-0.25, -0.2) is 4.79 Å². The lowest BCUT2D eigenvalue weighted by Gasteiger charge is -2.33. The van der Waals surface area contributed by atoms with Crippen molar-refractivity contribution in [3.63, 3.8) is 0 Å². The maximum absolute atomic E-state index is 13.0. The van der Waals surface area contributed by atoms with Crippen LogP contribution >= 0.6 is 0 Å². The Bertz CT molecular complexity index is 955. The second-order valence-corrected chi connectivity index (χ2v) is 7.51. The minimum absolute atomic E-state index is 0.113. The summed E-state index contributed by atoms with van der Waals surface area (Å²) < 4.78 is 32.9. The largest absolute Gasteiger partial charge is 0.493 e.